The van der Waals surface area contributed by atoms with Gasteiger partial charge < -0.3 is 4.90 Å². The zero-order valence-corrected chi connectivity index (χ0v) is 16.3. The molecule has 0 saturated carbocycles. The molecule has 0 radical (unpaired) electrons. The van der Waals surface area contributed by atoms with E-state index in [1.54, 1.807) is 54.4 Å². The van der Waals surface area contributed by atoms with Gasteiger partial charge in [0.25, 0.3) is 17.1 Å². The third kappa shape index (κ3) is 4.31. The van der Waals surface area contributed by atoms with Crippen LogP contribution in [0, 0.1) is 5.82 Å². The average Bonchev–Trinajstić information content (AvgIpc) is 2.96. The molecule has 5 nitrogen and oxygen atoms in total. The van der Waals surface area contributed by atoms with Gasteiger partial charge in [0.2, 0.25) is 0 Å². The van der Waals surface area contributed by atoms with Crippen molar-refractivity contribution in [2.75, 3.05) is 13.6 Å². The summed E-state index contributed by atoms with van der Waals surface area (Å²) >= 11 is 0.853. The van der Waals surface area contributed by atoms with E-state index in [9.17, 15) is 18.8 Å². The van der Waals surface area contributed by atoms with Gasteiger partial charge in [-0.1, -0.05) is 24.3 Å². The van der Waals surface area contributed by atoms with Crippen LogP contribution >= 0.6 is 11.8 Å². The fourth-order valence-corrected chi connectivity index (χ4v) is 3.52. The molecule has 0 spiro atoms. The Hall–Kier alpha value is -2.93. The maximum absolute atomic E-state index is 13.0. The van der Waals surface area contributed by atoms with E-state index in [0.717, 1.165) is 16.7 Å². The van der Waals surface area contributed by atoms with Gasteiger partial charge in [0.15, 0.2) is 0 Å². The number of nitrogens with zero attached hydrogens (tertiary/aromatic N) is 2. The quantitative estimate of drug-likeness (QED) is 0.710. The Morgan fingerprint density at radius 1 is 1.18 bits per heavy atom. The Labute approximate surface area is 166 Å². The third-order valence-corrected chi connectivity index (χ3v) is 5.29. The highest BCUT2D eigenvalue weighted by Crippen LogP contribution is 2.33. The van der Waals surface area contributed by atoms with Crippen LogP contribution in [-0.4, -0.2) is 40.4 Å². The highest BCUT2D eigenvalue weighted by molar-refractivity contribution is 8.18. The minimum atomic E-state index is -0.401. The summed E-state index contributed by atoms with van der Waals surface area (Å²) in [6.45, 7) is 2.56. The molecule has 1 aliphatic heterocycles. The van der Waals surface area contributed by atoms with E-state index < -0.39 is 5.91 Å². The van der Waals surface area contributed by atoms with Crippen molar-refractivity contribution in [3.63, 3.8) is 0 Å². The number of imide groups is 1. The molecule has 2 aromatic carbocycles. The molecule has 0 N–H and O–H groups in total. The first-order valence-corrected chi connectivity index (χ1v) is 9.56. The largest absolute Gasteiger partial charge is 0.342 e. The van der Waals surface area contributed by atoms with E-state index in [-0.39, 0.29) is 23.5 Å². The molecule has 144 valence electrons. The number of rotatable bonds is 5. The lowest BCUT2D eigenvalue weighted by Gasteiger charge is -2.14. The first kappa shape index (κ1) is 19.8. The van der Waals surface area contributed by atoms with Crippen LogP contribution < -0.4 is 0 Å². The van der Waals surface area contributed by atoms with Crippen molar-refractivity contribution in [2.45, 2.75) is 13.5 Å². The molecular weight excluding hydrogens is 379 g/mol. The summed E-state index contributed by atoms with van der Waals surface area (Å²) in [6.07, 6.45) is 1.61. The number of carbonyl (C=O) groups excluding carboxylic acids is 3. The summed E-state index contributed by atoms with van der Waals surface area (Å²) in [7, 11) is 1.72. The molecule has 0 unspecified atom stereocenters. The number of benzene rings is 2. The molecular formula is C21H19FN2O3S. The lowest BCUT2D eigenvalue weighted by Crippen LogP contribution is -2.27. The first-order valence-electron chi connectivity index (χ1n) is 8.74. The summed E-state index contributed by atoms with van der Waals surface area (Å²) in [5.41, 5.74) is 1.85. The molecule has 0 bridgehead atoms. The summed E-state index contributed by atoms with van der Waals surface area (Å²) in [5.74, 6) is -0.884. The number of halogens is 1. The van der Waals surface area contributed by atoms with Gasteiger partial charge >= 0.3 is 0 Å². The molecule has 0 aromatic heterocycles. The number of carbonyl (C=O) groups is 3. The van der Waals surface area contributed by atoms with E-state index in [0.29, 0.717) is 28.1 Å². The highest BCUT2D eigenvalue weighted by atomic mass is 32.2. The molecule has 28 heavy (non-hydrogen) atoms. The molecule has 2 aromatic rings. The Morgan fingerprint density at radius 2 is 1.89 bits per heavy atom. The zero-order valence-electron chi connectivity index (χ0n) is 15.5. The van der Waals surface area contributed by atoms with E-state index in [4.69, 9.17) is 0 Å². The van der Waals surface area contributed by atoms with Crippen molar-refractivity contribution in [3.05, 3.63) is 75.9 Å². The number of thioether (sulfide) groups is 1. The second-order valence-corrected chi connectivity index (χ2v) is 7.33. The van der Waals surface area contributed by atoms with Crippen molar-refractivity contribution >= 4 is 34.9 Å². The Morgan fingerprint density at radius 3 is 2.57 bits per heavy atom. The standard InChI is InChI=1S/C21H19FN2O3S/c1-3-23(2)19(25)16-6-4-5-15(11-16)12-18-20(26)24(21(27)28-18)13-14-7-9-17(22)10-8-14/h4-12H,3,13H2,1-2H3/b18-12-. The minimum Gasteiger partial charge on any atom is -0.342 e. The van der Waals surface area contributed by atoms with Crippen LogP contribution in [0.3, 0.4) is 0 Å². The Kier molecular flexibility index (Phi) is 5.94. The number of hydrogen-bond acceptors (Lipinski definition) is 4. The van der Waals surface area contributed by atoms with Crippen molar-refractivity contribution in [1.82, 2.24) is 9.80 Å². The van der Waals surface area contributed by atoms with Crippen LogP contribution in [0.2, 0.25) is 0 Å². The first-order chi connectivity index (χ1) is 13.4. The maximum Gasteiger partial charge on any atom is 0.293 e. The van der Waals surface area contributed by atoms with Crippen molar-refractivity contribution in [3.8, 4) is 0 Å². The third-order valence-electron chi connectivity index (χ3n) is 4.38. The zero-order chi connectivity index (χ0) is 20.3. The van der Waals surface area contributed by atoms with Crippen LogP contribution in [0.4, 0.5) is 9.18 Å². The predicted octanol–water partition coefficient (Wildman–Crippen LogP) is 4.15. The number of amides is 3. The predicted molar refractivity (Wildman–Crippen MR) is 107 cm³/mol. The SMILES string of the molecule is CCN(C)C(=O)c1cccc(/C=C2\SC(=O)N(Cc3ccc(F)cc3)C2=O)c1. The van der Waals surface area contributed by atoms with E-state index >= 15 is 0 Å². The molecule has 3 rings (SSSR count). The molecule has 1 aliphatic rings. The summed E-state index contributed by atoms with van der Waals surface area (Å²) in [6, 6.07) is 12.6. The van der Waals surface area contributed by atoms with Gasteiger partial charge in [-0.25, -0.2) is 4.39 Å². The fraction of sp³-hybridized carbons (Fsp3) is 0.190. The van der Waals surface area contributed by atoms with Gasteiger partial charge in [-0.15, -0.1) is 0 Å². The lowest BCUT2D eigenvalue weighted by molar-refractivity contribution is -0.123. The second kappa shape index (κ2) is 8.39. The summed E-state index contributed by atoms with van der Waals surface area (Å²) in [5, 5.41) is -0.376. The second-order valence-electron chi connectivity index (χ2n) is 6.34. The summed E-state index contributed by atoms with van der Waals surface area (Å²) < 4.78 is 13.0. The van der Waals surface area contributed by atoms with Crippen LogP contribution in [0.1, 0.15) is 28.4 Å². The topological polar surface area (TPSA) is 57.7 Å². The van der Waals surface area contributed by atoms with E-state index in [1.165, 1.54) is 12.1 Å². The van der Waals surface area contributed by atoms with Gasteiger partial charge in [0.1, 0.15) is 5.82 Å². The van der Waals surface area contributed by atoms with Gasteiger partial charge in [0.05, 0.1) is 11.4 Å². The average molecular weight is 398 g/mol. The van der Waals surface area contributed by atoms with Crippen LogP contribution in [-0.2, 0) is 11.3 Å². The maximum atomic E-state index is 13.0. The van der Waals surface area contributed by atoms with Gasteiger partial charge in [-0.05, 0) is 60.2 Å². The lowest BCUT2D eigenvalue weighted by atomic mass is 10.1. The highest BCUT2D eigenvalue weighted by Gasteiger charge is 2.35. The Bertz CT molecular complexity index is 956. The molecule has 3 amide bonds. The fourth-order valence-electron chi connectivity index (χ4n) is 2.69. The van der Waals surface area contributed by atoms with Crippen LogP contribution in [0.25, 0.3) is 6.08 Å². The Balaban J connectivity index is 1.80. The normalized spacial score (nSPS) is 15.4. The van der Waals surface area contributed by atoms with Gasteiger partial charge in [-0.3, -0.25) is 19.3 Å². The molecule has 1 heterocycles. The van der Waals surface area contributed by atoms with Gasteiger partial charge in [0, 0.05) is 19.2 Å². The monoisotopic (exact) mass is 398 g/mol. The molecule has 0 aliphatic carbocycles. The summed E-state index contributed by atoms with van der Waals surface area (Å²) in [4.78, 5) is 40.2. The van der Waals surface area contributed by atoms with Crippen molar-refractivity contribution in [1.29, 1.82) is 0 Å². The number of hydrogen-bond donors (Lipinski definition) is 0. The van der Waals surface area contributed by atoms with Crippen molar-refractivity contribution in [2.24, 2.45) is 0 Å². The van der Waals surface area contributed by atoms with Crippen LogP contribution in [0.5, 0.6) is 0 Å². The molecule has 7 heteroatoms. The molecule has 1 fully saturated rings. The van der Waals surface area contributed by atoms with Crippen LogP contribution in [0.15, 0.2) is 53.4 Å². The molecule has 1 saturated heterocycles. The smallest absolute Gasteiger partial charge is 0.293 e. The van der Waals surface area contributed by atoms with E-state index in [1.807, 2.05) is 6.92 Å². The van der Waals surface area contributed by atoms with Gasteiger partial charge in [-0.2, -0.15) is 0 Å². The molecule has 0 atom stereocenters. The van der Waals surface area contributed by atoms with E-state index in [2.05, 4.69) is 0 Å². The minimum absolute atomic E-state index is 0.0854. The van der Waals surface area contributed by atoms with Crippen molar-refractivity contribution < 1.29 is 18.8 Å².